The lowest BCUT2D eigenvalue weighted by atomic mass is 10.2. The molecular formula is C19H12F3N5O4. The quantitative estimate of drug-likeness (QED) is 0.530. The number of fused-ring (bicyclic) bond motifs is 2. The van der Waals surface area contributed by atoms with E-state index in [2.05, 4.69) is 20.4 Å². The number of aromatic nitrogens is 4. The summed E-state index contributed by atoms with van der Waals surface area (Å²) in [5, 5.41) is 6.27. The van der Waals surface area contributed by atoms with Gasteiger partial charge in [-0.1, -0.05) is 6.07 Å². The SMILES string of the molecule is O=C(NCc1ccc2c(c1)OCO2)c1nc2nc(-c3ccco3)cc(C(F)(F)F)n2n1. The first-order chi connectivity index (χ1) is 14.9. The molecule has 0 saturated heterocycles. The van der Waals surface area contributed by atoms with Crippen LogP contribution in [0.15, 0.2) is 47.1 Å². The Balaban J connectivity index is 1.44. The monoisotopic (exact) mass is 431 g/mol. The number of carbonyl (C=O) groups is 1. The van der Waals surface area contributed by atoms with Crippen LogP contribution in [-0.4, -0.2) is 32.3 Å². The van der Waals surface area contributed by atoms with Crippen LogP contribution in [0.2, 0.25) is 0 Å². The lowest BCUT2D eigenvalue weighted by molar-refractivity contribution is -0.142. The highest BCUT2D eigenvalue weighted by atomic mass is 19.4. The van der Waals surface area contributed by atoms with Crippen LogP contribution in [0.5, 0.6) is 11.5 Å². The van der Waals surface area contributed by atoms with Gasteiger partial charge < -0.3 is 19.2 Å². The largest absolute Gasteiger partial charge is 0.463 e. The van der Waals surface area contributed by atoms with E-state index in [1.807, 2.05) is 0 Å². The van der Waals surface area contributed by atoms with Crippen molar-refractivity contribution in [2.75, 3.05) is 6.79 Å². The van der Waals surface area contributed by atoms with Crippen molar-refractivity contribution in [2.24, 2.45) is 0 Å². The number of furan rings is 1. The Hall–Kier alpha value is -4.09. The summed E-state index contributed by atoms with van der Waals surface area (Å²) in [4.78, 5) is 20.4. The molecule has 0 unspecified atom stereocenters. The predicted molar refractivity (Wildman–Crippen MR) is 97.2 cm³/mol. The molecule has 1 aliphatic heterocycles. The van der Waals surface area contributed by atoms with E-state index in [0.29, 0.717) is 21.6 Å². The first-order valence-corrected chi connectivity index (χ1v) is 8.94. The lowest BCUT2D eigenvalue weighted by Gasteiger charge is -2.09. The van der Waals surface area contributed by atoms with E-state index in [-0.39, 0.29) is 30.6 Å². The maximum atomic E-state index is 13.6. The van der Waals surface area contributed by atoms with E-state index in [4.69, 9.17) is 13.9 Å². The van der Waals surface area contributed by atoms with Crippen LogP contribution < -0.4 is 14.8 Å². The molecule has 0 atom stereocenters. The highest BCUT2D eigenvalue weighted by molar-refractivity contribution is 5.90. The molecule has 12 heteroatoms. The molecule has 0 aliphatic carbocycles. The first kappa shape index (κ1) is 18.9. The molecule has 1 aliphatic rings. The maximum Gasteiger partial charge on any atom is 0.433 e. The van der Waals surface area contributed by atoms with Gasteiger partial charge in [0.1, 0.15) is 5.69 Å². The zero-order chi connectivity index (χ0) is 21.6. The summed E-state index contributed by atoms with van der Waals surface area (Å²) in [5.41, 5.74) is -0.508. The summed E-state index contributed by atoms with van der Waals surface area (Å²) in [7, 11) is 0. The summed E-state index contributed by atoms with van der Waals surface area (Å²) < 4.78 is 56.8. The summed E-state index contributed by atoms with van der Waals surface area (Å²) in [5.74, 6) is -0.317. The van der Waals surface area contributed by atoms with Crippen molar-refractivity contribution in [3.8, 4) is 23.0 Å². The van der Waals surface area contributed by atoms with Gasteiger partial charge in [0.25, 0.3) is 11.7 Å². The molecule has 0 saturated carbocycles. The fourth-order valence-electron chi connectivity index (χ4n) is 3.03. The number of nitrogens with one attached hydrogen (secondary N) is 1. The van der Waals surface area contributed by atoms with Crippen molar-refractivity contribution in [3.05, 3.63) is 59.7 Å². The van der Waals surface area contributed by atoms with E-state index in [1.165, 1.54) is 18.4 Å². The van der Waals surface area contributed by atoms with Gasteiger partial charge in [-0.05, 0) is 35.9 Å². The molecule has 0 fully saturated rings. The molecule has 0 bridgehead atoms. The number of nitrogens with zero attached hydrogens (tertiary/aromatic N) is 4. The van der Waals surface area contributed by atoms with Crippen LogP contribution in [0.3, 0.4) is 0 Å². The second-order valence-corrected chi connectivity index (χ2v) is 6.52. The van der Waals surface area contributed by atoms with E-state index in [0.717, 1.165) is 6.07 Å². The molecule has 4 heterocycles. The zero-order valence-electron chi connectivity index (χ0n) is 15.5. The second kappa shape index (κ2) is 7.00. The number of alkyl halides is 3. The normalized spacial score (nSPS) is 13.0. The zero-order valence-corrected chi connectivity index (χ0v) is 15.5. The van der Waals surface area contributed by atoms with Gasteiger partial charge in [0.15, 0.2) is 23.0 Å². The molecule has 3 aromatic heterocycles. The van der Waals surface area contributed by atoms with Gasteiger partial charge in [-0.25, -0.2) is 4.98 Å². The third-order valence-electron chi connectivity index (χ3n) is 4.47. The molecule has 0 spiro atoms. The fraction of sp³-hybridized carbons (Fsp3) is 0.158. The summed E-state index contributed by atoms with van der Waals surface area (Å²) in [6.07, 6.45) is -3.44. The van der Waals surface area contributed by atoms with Crippen molar-refractivity contribution in [1.29, 1.82) is 0 Å². The molecule has 1 N–H and O–H groups in total. The third-order valence-corrected chi connectivity index (χ3v) is 4.47. The maximum absolute atomic E-state index is 13.6. The number of hydrogen-bond donors (Lipinski definition) is 1. The topological polar surface area (TPSA) is 104 Å². The number of hydrogen-bond acceptors (Lipinski definition) is 7. The van der Waals surface area contributed by atoms with Crippen LogP contribution in [0.1, 0.15) is 21.9 Å². The van der Waals surface area contributed by atoms with Crippen molar-refractivity contribution >= 4 is 11.7 Å². The molecular weight excluding hydrogens is 419 g/mol. The molecule has 31 heavy (non-hydrogen) atoms. The highest BCUT2D eigenvalue weighted by Crippen LogP contribution is 2.33. The van der Waals surface area contributed by atoms with Crippen LogP contribution in [0.4, 0.5) is 13.2 Å². The van der Waals surface area contributed by atoms with E-state index < -0.39 is 23.6 Å². The Morgan fingerprint density at radius 1 is 1.13 bits per heavy atom. The Kier molecular flexibility index (Phi) is 4.27. The number of rotatable bonds is 4. The Morgan fingerprint density at radius 3 is 2.74 bits per heavy atom. The minimum absolute atomic E-state index is 0.0791. The van der Waals surface area contributed by atoms with Gasteiger partial charge in [0, 0.05) is 6.54 Å². The summed E-state index contributed by atoms with van der Waals surface area (Å²) in [6, 6.07) is 8.89. The lowest BCUT2D eigenvalue weighted by Crippen LogP contribution is -2.24. The van der Waals surface area contributed by atoms with E-state index in [1.54, 1.807) is 18.2 Å². The Morgan fingerprint density at radius 2 is 1.97 bits per heavy atom. The highest BCUT2D eigenvalue weighted by Gasteiger charge is 2.36. The average Bonchev–Trinajstić information content (AvgIpc) is 3.50. The number of ether oxygens (including phenoxy) is 2. The number of carbonyl (C=O) groups excluding carboxylic acids is 1. The van der Waals surface area contributed by atoms with Crippen molar-refractivity contribution in [1.82, 2.24) is 24.9 Å². The minimum Gasteiger partial charge on any atom is -0.463 e. The second-order valence-electron chi connectivity index (χ2n) is 6.52. The smallest absolute Gasteiger partial charge is 0.433 e. The predicted octanol–water partition coefficient (Wildman–Crippen LogP) is 3.06. The molecule has 4 aromatic rings. The molecule has 158 valence electrons. The van der Waals surface area contributed by atoms with Crippen molar-refractivity contribution in [2.45, 2.75) is 12.7 Å². The van der Waals surface area contributed by atoms with E-state index >= 15 is 0 Å². The Bertz CT molecular complexity index is 1280. The first-order valence-electron chi connectivity index (χ1n) is 8.94. The minimum atomic E-state index is -4.75. The summed E-state index contributed by atoms with van der Waals surface area (Å²) in [6.45, 7) is 0.201. The average molecular weight is 431 g/mol. The molecule has 5 rings (SSSR count). The molecule has 1 aromatic carbocycles. The standard InChI is InChI=1S/C19H12F3N5O4/c20-19(21,22)15-7-11(12-2-1-5-29-12)24-18-25-16(26-27(15)18)17(28)23-8-10-3-4-13-14(6-10)31-9-30-13/h1-7H,8-9H2,(H,23,28). The summed E-state index contributed by atoms with van der Waals surface area (Å²) >= 11 is 0. The van der Waals surface area contributed by atoms with Gasteiger partial charge >= 0.3 is 6.18 Å². The van der Waals surface area contributed by atoms with Gasteiger partial charge in [-0.15, -0.1) is 5.10 Å². The van der Waals surface area contributed by atoms with Gasteiger partial charge in [-0.2, -0.15) is 22.7 Å². The van der Waals surface area contributed by atoms with Gasteiger partial charge in [0.2, 0.25) is 12.6 Å². The molecule has 0 radical (unpaired) electrons. The number of halogens is 3. The van der Waals surface area contributed by atoms with Gasteiger partial charge in [-0.3, -0.25) is 4.79 Å². The number of benzene rings is 1. The van der Waals surface area contributed by atoms with Crippen molar-refractivity contribution < 1.29 is 31.9 Å². The molecule has 9 nitrogen and oxygen atoms in total. The van der Waals surface area contributed by atoms with Gasteiger partial charge in [0.05, 0.1) is 6.26 Å². The number of amides is 1. The van der Waals surface area contributed by atoms with E-state index in [9.17, 15) is 18.0 Å². The van der Waals surface area contributed by atoms with Crippen LogP contribution in [0.25, 0.3) is 17.2 Å². The van der Waals surface area contributed by atoms with Crippen LogP contribution in [-0.2, 0) is 12.7 Å². The van der Waals surface area contributed by atoms with Crippen molar-refractivity contribution in [3.63, 3.8) is 0 Å². The Labute approximate surface area is 171 Å². The fourth-order valence-corrected chi connectivity index (χ4v) is 3.03. The van der Waals surface area contributed by atoms with Crippen LogP contribution >= 0.6 is 0 Å². The van der Waals surface area contributed by atoms with Crippen LogP contribution in [0, 0.1) is 0 Å². The molecule has 1 amide bonds. The third kappa shape index (κ3) is 3.52.